The van der Waals surface area contributed by atoms with E-state index in [1.54, 1.807) is 18.4 Å². The van der Waals surface area contributed by atoms with Crippen molar-refractivity contribution in [3.63, 3.8) is 0 Å². The van der Waals surface area contributed by atoms with E-state index in [4.69, 9.17) is 19.6 Å². The van der Waals surface area contributed by atoms with Crippen LogP contribution in [0.5, 0.6) is 0 Å². The zero-order valence-corrected chi connectivity index (χ0v) is 15.2. The number of benzene rings is 1. The Bertz CT molecular complexity index is 967. The highest BCUT2D eigenvalue weighted by Crippen LogP contribution is 2.41. The maximum absolute atomic E-state index is 12.2. The van der Waals surface area contributed by atoms with Gasteiger partial charge in [-0.15, -0.1) is 0 Å². The molecule has 27 heavy (non-hydrogen) atoms. The Hall–Kier alpha value is -2.93. The lowest BCUT2D eigenvalue weighted by molar-refractivity contribution is -0.0113. The Morgan fingerprint density at radius 3 is 2.85 bits per heavy atom. The second-order valence-electron chi connectivity index (χ2n) is 6.98. The maximum atomic E-state index is 12.2. The first kappa shape index (κ1) is 17.5. The van der Waals surface area contributed by atoms with Crippen LogP contribution in [0, 0.1) is 12.8 Å². The monoisotopic (exact) mass is 367 g/mol. The summed E-state index contributed by atoms with van der Waals surface area (Å²) in [5.41, 5.74) is 9.45. The molecule has 3 heterocycles. The van der Waals surface area contributed by atoms with Crippen molar-refractivity contribution in [1.29, 1.82) is 0 Å². The largest absolute Gasteiger partial charge is 0.459 e. The van der Waals surface area contributed by atoms with E-state index in [2.05, 4.69) is 16.9 Å². The van der Waals surface area contributed by atoms with Crippen LogP contribution in [0.1, 0.15) is 40.9 Å². The van der Waals surface area contributed by atoms with Crippen LogP contribution < -0.4 is 5.73 Å². The van der Waals surface area contributed by atoms with E-state index in [1.165, 1.54) is 6.33 Å². The van der Waals surface area contributed by atoms with E-state index in [0.717, 1.165) is 17.5 Å². The number of esters is 1. The molecule has 4 rings (SSSR count). The zero-order valence-electron chi connectivity index (χ0n) is 15.2. The number of furan rings is 1. The zero-order chi connectivity index (χ0) is 19.0. The molecule has 1 aromatic carbocycles. The van der Waals surface area contributed by atoms with E-state index in [9.17, 15) is 4.79 Å². The lowest BCUT2D eigenvalue weighted by Gasteiger charge is -2.14. The predicted octanol–water partition coefficient (Wildman–Crippen LogP) is 3.44. The molecule has 1 aliphatic heterocycles. The van der Waals surface area contributed by atoms with E-state index >= 15 is 0 Å². The van der Waals surface area contributed by atoms with Gasteiger partial charge in [0, 0.05) is 5.56 Å². The van der Waals surface area contributed by atoms with Gasteiger partial charge in [-0.05, 0) is 31.4 Å². The fourth-order valence-electron chi connectivity index (χ4n) is 3.45. The Morgan fingerprint density at radius 2 is 2.07 bits per heavy atom. The van der Waals surface area contributed by atoms with E-state index < -0.39 is 0 Å². The van der Waals surface area contributed by atoms with Gasteiger partial charge in [-0.25, -0.2) is 14.8 Å². The Morgan fingerprint density at radius 1 is 1.30 bits per heavy atom. The number of carbonyl (C=O) groups excluding carboxylic acids is 1. The van der Waals surface area contributed by atoms with Crippen LogP contribution in [-0.2, 0) is 9.47 Å². The molecule has 0 aliphatic carbocycles. The second kappa shape index (κ2) is 7.00. The van der Waals surface area contributed by atoms with Crippen LogP contribution in [0.15, 0.2) is 41.3 Å². The molecule has 0 bridgehead atoms. The molecule has 0 spiro atoms. The van der Waals surface area contributed by atoms with Gasteiger partial charge in [-0.3, -0.25) is 0 Å². The van der Waals surface area contributed by atoms with Crippen LogP contribution in [0.4, 0.5) is 5.82 Å². The molecular weight excluding hydrogens is 346 g/mol. The van der Waals surface area contributed by atoms with Crippen LogP contribution in [0.25, 0.3) is 11.1 Å². The summed E-state index contributed by atoms with van der Waals surface area (Å²) in [6, 6.07) is 7.30. The third-order valence-corrected chi connectivity index (χ3v) is 4.89. The van der Waals surface area contributed by atoms with Crippen molar-refractivity contribution in [2.45, 2.75) is 32.5 Å². The van der Waals surface area contributed by atoms with Gasteiger partial charge < -0.3 is 19.6 Å². The number of nitrogen functional groups attached to an aromatic ring is 1. The smallest absolute Gasteiger partial charge is 0.338 e. The minimum absolute atomic E-state index is 0.177. The van der Waals surface area contributed by atoms with Crippen molar-refractivity contribution in [2.24, 2.45) is 5.92 Å². The van der Waals surface area contributed by atoms with Crippen molar-refractivity contribution in [2.75, 3.05) is 12.3 Å². The quantitative estimate of drug-likeness (QED) is 0.705. The highest BCUT2D eigenvalue weighted by Gasteiger charge is 2.36. The summed E-state index contributed by atoms with van der Waals surface area (Å²) in [5.74, 6) is 0.189. The average Bonchev–Trinajstić information content (AvgIpc) is 3.24. The molecule has 2 aromatic heterocycles. The summed E-state index contributed by atoms with van der Waals surface area (Å²) in [7, 11) is 0. The number of carbonyl (C=O) groups is 1. The Labute approximate surface area is 156 Å². The number of nitrogens with two attached hydrogens (primary N) is 1. The molecule has 7 heteroatoms. The average molecular weight is 367 g/mol. The first-order valence-corrected chi connectivity index (χ1v) is 8.89. The molecule has 1 fully saturated rings. The SMILES string of the molecule is Cc1ccc(C(=O)OC[C@@H]2CC(C)[C@H](c3coc4c(N)ncnc34)O2)cc1. The first-order chi connectivity index (χ1) is 13.0. The molecular formula is C20H21N3O4. The van der Waals surface area contributed by atoms with Crippen LogP contribution >= 0.6 is 0 Å². The van der Waals surface area contributed by atoms with Gasteiger partial charge in [0.25, 0.3) is 0 Å². The summed E-state index contributed by atoms with van der Waals surface area (Å²) in [5, 5.41) is 0. The predicted molar refractivity (Wildman–Crippen MR) is 99.1 cm³/mol. The number of ether oxygens (including phenoxy) is 2. The fraction of sp³-hybridized carbons (Fsp3) is 0.350. The van der Waals surface area contributed by atoms with Crippen LogP contribution in [0.2, 0.25) is 0 Å². The van der Waals surface area contributed by atoms with Crippen molar-refractivity contribution in [3.8, 4) is 0 Å². The van der Waals surface area contributed by atoms with Gasteiger partial charge in [0.05, 0.1) is 24.0 Å². The molecule has 0 saturated carbocycles. The normalized spacial score (nSPS) is 22.2. The number of fused-ring (bicyclic) bond motifs is 1. The number of rotatable bonds is 4. The standard InChI is InChI=1S/C20H21N3O4/c1-11-3-5-13(6-4-11)20(24)26-8-14-7-12(2)17(27-14)15-9-25-18-16(15)22-10-23-19(18)21/h3-6,9-10,12,14,17H,7-8H2,1-2H3,(H2,21,22,23)/t12?,14-,17+/m0/s1. The Kier molecular flexibility index (Phi) is 4.53. The van der Waals surface area contributed by atoms with E-state index in [-0.39, 0.29) is 30.7 Å². The highest BCUT2D eigenvalue weighted by atomic mass is 16.6. The second-order valence-corrected chi connectivity index (χ2v) is 6.98. The first-order valence-electron chi connectivity index (χ1n) is 8.89. The number of hydrogen-bond donors (Lipinski definition) is 1. The third-order valence-electron chi connectivity index (χ3n) is 4.89. The van der Waals surface area contributed by atoms with Gasteiger partial charge in [-0.1, -0.05) is 24.6 Å². The minimum Gasteiger partial charge on any atom is -0.459 e. The fourth-order valence-corrected chi connectivity index (χ4v) is 3.45. The summed E-state index contributed by atoms with van der Waals surface area (Å²) in [6.07, 6.45) is 3.44. The van der Waals surface area contributed by atoms with Gasteiger partial charge in [0.2, 0.25) is 0 Å². The number of aromatic nitrogens is 2. The molecule has 3 atom stereocenters. The molecule has 7 nitrogen and oxygen atoms in total. The molecule has 1 saturated heterocycles. The number of aryl methyl sites for hydroxylation is 1. The van der Waals surface area contributed by atoms with Crippen molar-refractivity contribution in [1.82, 2.24) is 9.97 Å². The lowest BCUT2D eigenvalue weighted by Crippen LogP contribution is -2.18. The molecule has 1 unspecified atom stereocenters. The van der Waals surface area contributed by atoms with Crippen molar-refractivity contribution in [3.05, 3.63) is 53.5 Å². The third kappa shape index (κ3) is 3.38. The summed E-state index contributed by atoms with van der Waals surface area (Å²) >= 11 is 0. The molecule has 0 radical (unpaired) electrons. The van der Waals surface area contributed by atoms with Gasteiger partial charge >= 0.3 is 5.97 Å². The van der Waals surface area contributed by atoms with Gasteiger partial charge in [0.15, 0.2) is 11.4 Å². The molecule has 3 aromatic rings. The van der Waals surface area contributed by atoms with Crippen molar-refractivity contribution < 1.29 is 18.7 Å². The molecule has 2 N–H and O–H groups in total. The number of hydrogen-bond acceptors (Lipinski definition) is 7. The lowest BCUT2D eigenvalue weighted by atomic mass is 9.97. The van der Waals surface area contributed by atoms with Crippen LogP contribution in [-0.4, -0.2) is 28.6 Å². The summed E-state index contributed by atoms with van der Waals surface area (Å²) < 4.78 is 17.1. The van der Waals surface area contributed by atoms with E-state index in [0.29, 0.717) is 22.5 Å². The summed E-state index contributed by atoms with van der Waals surface area (Å²) in [6.45, 7) is 4.28. The topological polar surface area (TPSA) is 100 Å². The molecule has 1 aliphatic rings. The molecule has 140 valence electrons. The number of nitrogens with zero attached hydrogens (tertiary/aromatic N) is 2. The maximum Gasteiger partial charge on any atom is 0.338 e. The Balaban J connectivity index is 1.43. The highest BCUT2D eigenvalue weighted by molar-refractivity contribution is 5.89. The van der Waals surface area contributed by atoms with Crippen molar-refractivity contribution >= 4 is 22.9 Å². The van der Waals surface area contributed by atoms with E-state index in [1.807, 2.05) is 19.1 Å². The number of anilines is 1. The van der Waals surface area contributed by atoms with Gasteiger partial charge in [-0.2, -0.15) is 0 Å². The molecule has 0 amide bonds. The summed E-state index contributed by atoms with van der Waals surface area (Å²) in [4.78, 5) is 20.4. The minimum atomic E-state index is -0.344. The van der Waals surface area contributed by atoms with Gasteiger partial charge in [0.1, 0.15) is 18.5 Å². The van der Waals surface area contributed by atoms with Crippen LogP contribution in [0.3, 0.4) is 0 Å².